The van der Waals surface area contributed by atoms with Crippen LogP contribution in [0.25, 0.3) is 0 Å². The fourth-order valence-electron chi connectivity index (χ4n) is 7.18. The summed E-state index contributed by atoms with van der Waals surface area (Å²) >= 11 is 0. The van der Waals surface area contributed by atoms with E-state index in [9.17, 15) is 4.79 Å². The van der Waals surface area contributed by atoms with E-state index in [1.807, 2.05) is 4.90 Å². The van der Waals surface area contributed by atoms with E-state index >= 15 is 0 Å². The predicted octanol–water partition coefficient (Wildman–Crippen LogP) is 3.50. The van der Waals surface area contributed by atoms with Crippen LogP contribution in [0.5, 0.6) is 0 Å². The van der Waals surface area contributed by atoms with Gasteiger partial charge in [0.1, 0.15) is 6.61 Å². The van der Waals surface area contributed by atoms with Crippen molar-refractivity contribution in [3.8, 4) is 0 Å². The van der Waals surface area contributed by atoms with Crippen molar-refractivity contribution in [1.29, 1.82) is 0 Å². The number of aryl methyl sites for hydroxylation is 1. The first-order valence-electron chi connectivity index (χ1n) is 11.4. The van der Waals surface area contributed by atoms with Crippen molar-refractivity contribution in [2.75, 3.05) is 13.1 Å². The highest BCUT2D eigenvalue weighted by molar-refractivity contribution is 5.79. The topological polar surface area (TPSA) is 68.5 Å². The highest BCUT2D eigenvalue weighted by Gasteiger charge is 2.63. The Bertz CT molecular complexity index is 934. The van der Waals surface area contributed by atoms with Crippen LogP contribution in [0, 0.1) is 30.6 Å². The fourth-order valence-corrected chi connectivity index (χ4v) is 7.18. The summed E-state index contributed by atoms with van der Waals surface area (Å²) in [6.45, 7) is 3.41. The lowest BCUT2D eigenvalue weighted by Gasteiger charge is -2.47. The first-order valence-corrected chi connectivity index (χ1v) is 11.4. The van der Waals surface area contributed by atoms with Gasteiger partial charge >= 0.3 is 0 Å². The summed E-state index contributed by atoms with van der Waals surface area (Å²) in [6, 6.07) is 10.9. The molecule has 2 aromatic rings. The zero-order valence-electron chi connectivity index (χ0n) is 17.5. The van der Waals surface area contributed by atoms with Gasteiger partial charge in [0.15, 0.2) is 0 Å². The molecule has 4 saturated carbocycles. The van der Waals surface area contributed by atoms with Crippen LogP contribution in [0.15, 0.2) is 34.7 Å². The third-order valence-electron chi connectivity index (χ3n) is 8.35. The lowest BCUT2D eigenvalue weighted by Crippen LogP contribution is -2.56. The van der Waals surface area contributed by atoms with Gasteiger partial charge in [-0.1, -0.05) is 30.3 Å². The Morgan fingerprint density at radius 2 is 2.00 bits per heavy atom. The van der Waals surface area contributed by atoms with E-state index < -0.39 is 0 Å². The van der Waals surface area contributed by atoms with Crippen LogP contribution in [-0.2, 0) is 21.6 Å². The summed E-state index contributed by atoms with van der Waals surface area (Å²) in [5.74, 6) is 4.42. The van der Waals surface area contributed by atoms with Gasteiger partial charge in [0.25, 0.3) is 0 Å². The Kier molecular flexibility index (Phi) is 4.27. The third-order valence-corrected chi connectivity index (χ3v) is 8.35. The molecule has 5 unspecified atom stereocenters. The molecule has 7 rings (SSSR count). The second-order valence-electron chi connectivity index (χ2n) is 9.90. The molecule has 5 aliphatic rings. The minimum Gasteiger partial charge on any atom is -0.423 e. The number of benzene rings is 1. The Hall–Kier alpha value is -2.21. The Labute approximate surface area is 177 Å². The van der Waals surface area contributed by atoms with Crippen molar-refractivity contribution in [3.05, 3.63) is 47.7 Å². The zero-order chi connectivity index (χ0) is 20.3. The van der Waals surface area contributed by atoms with E-state index in [1.165, 1.54) is 31.2 Å². The summed E-state index contributed by atoms with van der Waals surface area (Å²) in [5, 5.41) is 7.78. The number of carbonyl (C=O) groups is 1. The van der Waals surface area contributed by atoms with Crippen molar-refractivity contribution in [2.24, 2.45) is 23.7 Å². The quantitative estimate of drug-likeness (QED) is 0.733. The van der Waals surface area contributed by atoms with Crippen LogP contribution in [0.3, 0.4) is 0 Å². The van der Waals surface area contributed by atoms with Crippen LogP contribution < -0.4 is 0 Å². The molecule has 1 aromatic carbocycles. The van der Waals surface area contributed by atoms with Crippen LogP contribution in [0.4, 0.5) is 0 Å². The molecule has 4 aliphatic carbocycles. The molecule has 0 radical (unpaired) electrons. The monoisotopic (exact) mass is 407 g/mol. The van der Waals surface area contributed by atoms with E-state index in [0.29, 0.717) is 55.6 Å². The van der Waals surface area contributed by atoms with Crippen LogP contribution in [0.2, 0.25) is 0 Å². The molecule has 5 atom stereocenters. The van der Waals surface area contributed by atoms with Gasteiger partial charge in [0.05, 0.1) is 6.10 Å². The van der Waals surface area contributed by atoms with E-state index in [0.717, 1.165) is 11.8 Å². The van der Waals surface area contributed by atoms with Crippen molar-refractivity contribution < 1.29 is 13.9 Å². The van der Waals surface area contributed by atoms with Crippen LogP contribution in [0.1, 0.15) is 49.4 Å². The molecule has 30 heavy (non-hydrogen) atoms. The predicted molar refractivity (Wildman–Crippen MR) is 109 cm³/mol. The van der Waals surface area contributed by atoms with E-state index in [2.05, 4.69) is 40.5 Å². The Morgan fingerprint density at radius 1 is 1.17 bits per heavy atom. The number of amides is 1. The highest BCUT2D eigenvalue weighted by Crippen LogP contribution is 2.68. The summed E-state index contributed by atoms with van der Waals surface area (Å²) in [4.78, 5) is 15.3. The van der Waals surface area contributed by atoms with Gasteiger partial charge < -0.3 is 14.1 Å². The fraction of sp³-hybridized carbons (Fsp3) is 0.625. The molecule has 4 bridgehead atoms. The first-order chi connectivity index (χ1) is 14.6. The lowest BCUT2D eigenvalue weighted by atomic mass is 9.59. The number of rotatable bonds is 6. The minimum atomic E-state index is 0.0449. The Morgan fingerprint density at radius 3 is 2.73 bits per heavy atom. The first kappa shape index (κ1) is 18.6. The normalized spacial score (nSPS) is 34.5. The summed E-state index contributed by atoms with van der Waals surface area (Å²) in [6.07, 6.45) is 6.05. The number of hydrogen-bond donors (Lipinski definition) is 0. The molecule has 5 fully saturated rings. The van der Waals surface area contributed by atoms with Gasteiger partial charge in [0, 0.05) is 31.8 Å². The van der Waals surface area contributed by atoms with Gasteiger partial charge in [-0.3, -0.25) is 4.79 Å². The van der Waals surface area contributed by atoms with Crippen molar-refractivity contribution in [1.82, 2.24) is 15.1 Å². The molecule has 158 valence electrons. The van der Waals surface area contributed by atoms with E-state index in [4.69, 9.17) is 9.15 Å². The molecule has 0 N–H and O–H groups in total. The van der Waals surface area contributed by atoms with Gasteiger partial charge in [-0.05, 0) is 54.9 Å². The molecule has 1 saturated heterocycles. The highest BCUT2D eigenvalue weighted by atomic mass is 16.5. The summed E-state index contributed by atoms with van der Waals surface area (Å²) < 4.78 is 11.2. The number of likely N-dealkylation sites (tertiary alicyclic amines) is 1. The second kappa shape index (κ2) is 6.91. The zero-order valence-corrected chi connectivity index (χ0v) is 17.5. The molecule has 0 spiro atoms. The minimum absolute atomic E-state index is 0.0449. The molecular formula is C24H29N3O3. The third kappa shape index (κ3) is 2.83. The number of aromatic nitrogens is 2. The molecule has 6 heteroatoms. The largest absolute Gasteiger partial charge is 0.423 e. The number of carbonyl (C=O) groups excluding carboxylic acids is 1. The smallest absolute Gasteiger partial charge is 0.242 e. The second-order valence-corrected chi connectivity index (χ2v) is 9.90. The molecule has 6 nitrogen and oxygen atoms in total. The maximum Gasteiger partial charge on any atom is 0.242 e. The van der Waals surface area contributed by atoms with Crippen LogP contribution in [-0.4, -0.2) is 40.2 Å². The SMILES string of the molecule is Cc1nnc(COC2CN(C(=O)CC3(c4ccccc4)C4CC5CC(C4)C3C5)C2)o1. The molecule has 1 aliphatic heterocycles. The van der Waals surface area contributed by atoms with Gasteiger partial charge in [-0.25, -0.2) is 0 Å². The average molecular weight is 408 g/mol. The standard InChI is InChI=1S/C24H29N3O3/c1-15-25-26-22(30-15)14-29-20-12-27(13-20)23(28)11-24(18-5-3-2-4-6-18)19-8-16-7-17(10-19)21(24)9-16/h2-6,16-17,19-21H,7-14H2,1H3. The van der Waals surface area contributed by atoms with Crippen LogP contribution >= 0.6 is 0 Å². The maximum absolute atomic E-state index is 13.4. The average Bonchev–Trinajstić information content (AvgIpc) is 3.32. The van der Waals surface area contributed by atoms with Gasteiger partial charge in [-0.2, -0.15) is 0 Å². The number of ether oxygens (including phenoxy) is 1. The summed E-state index contributed by atoms with van der Waals surface area (Å²) in [5.41, 5.74) is 1.44. The van der Waals surface area contributed by atoms with Gasteiger partial charge in [0.2, 0.25) is 17.7 Å². The van der Waals surface area contributed by atoms with Crippen molar-refractivity contribution in [3.63, 3.8) is 0 Å². The van der Waals surface area contributed by atoms with Crippen molar-refractivity contribution in [2.45, 2.75) is 57.2 Å². The Balaban J connectivity index is 1.14. The number of nitrogens with zero attached hydrogens (tertiary/aromatic N) is 3. The molecule has 2 heterocycles. The lowest BCUT2D eigenvalue weighted by molar-refractivity contribution is -0.149. The molecule has 1 amide bonds. The number of hydrogen-bond acceptors (Lipinski definition) is 5. The molecule has 1 aromatic heterocycles. The summed E-state index contributed by atoms with van der Waals surface area (Å²) in [7, 11) is 0. The maximum atomic E-state index is 13.4. The molecular weight excluding hydrogens is 378 g/mol. The van der Waals surface area contributed by atoms with E-state index in [-0.39, 0.29) is 11.5 Å². The van der Waals surface area contributed by atoms with Crippen molar-refractivity contribution >= 4 is 5.91 Å². The van der Waals surface area contributed by atoms with E-state index in [1.54, 1.807) is 6.92 Å². The van der Waals surface area contributed by atoms with Gasteiger partial charge in [-0.15, -0.1) is 10.2 Å².